The van der Waals surface area contributed by atoms with E-state index in [1.807, 2.05) is 60.7 Å². The highest BCUT2D eigenvalue weighted by molar-refractivity contribution is 5.81. The topological polar surface area (TPSA) is 50.1 Å². The Morgan fingerprint density at radius 2 is 1.36 bits per heavy atom. The highest BCUT2D eigenvalue weighted by Gasteiger charge is 2.53. The Morgan fingerprint density at radius 3 is 1.68 bits per heavy atom. The second kappa shape index (κ2) is 6.03. The minimum absolute atomic E-state index is 0.415. The van der Waals surface area contributed by atoms with E-state index in [0.717, 1.165) is 11.1 Å². The average Bonchev–Trinajstić information content (AvgIpc) is 2.57. The van der Waals surface area contributed by atoms with Gasteiger partial charge in [-0.3, -0.25) is 4.79 Å². The molecule has 0 bridgehead atoms. The van der Waals surface area contributed by atoms with Gasteiger partial charge < -0.3 is 4.74 Å². The summed E-state index contributed by atoms with van der Waals surface area (Å²) in [7, 11) is 1.35. The van der Waals surface area contributed by atoms with Crippen LogP contribution in [0.15, 0.2) is 60.7 Å². The number of methoxy groups -OCH3 is 1. The van der Waals surface area contributed by atoms with Gasteiger partial charge in [-0.15, -0.1) is 0 Å². The van der Waals surface area contributed by atoms with Crippen LogP contribution in [-0.2, 0) is 14.9 Å². The van der Waals surface area contributed by atoms with Crippen LogP contribution in [0.1, 0.15) is 25.0 Å². The lowest BCUT2D eigenvalue weighted by Crippen LogP contribution is -2.47. The molecule has 2 aromatic rings. The van der Waals surface area contributed by atoms with Gasteiger partial charge in [0.2, 0.25) is 0 Å². The highest BCUT2D eigenvalue weighted by atomic mass is 16.5. The van der Waals surface area contributed by atoms with Crippen molar-refractivity contribution in [3.8, 4) is 6.07 Å². The monoisotopic (exact) mass is 293 g/mol. The fourth-order valence-corrected chi connectivity index (χ4v) is 2.94. The summed E-state index contributed by atoms with van der Waals surface area (Å²) in [6, 6.07) is 21.2. The first-order valence-corrected chi connectivity index (χ1v) is 7.11. The average molecular weight is 293 g/mol. The van der Waals surface area contributed by atoms with Crippen LogP contribution in [-0.4, -0.2) is 13.1 Å². The zero-order chi connectivity index (χ0) is 16.2. The maximum absolute atomic E-state index is 12.4. The van der Waals surface area contributed by atoms with E-state index >= 15 is 0 Å². The minimum Gasteiger partial charge on any atom is -0.469 e. The molecule has 0 amide bonds. The van der Waals surface area contributed by atoms with Crippen LogP contribution in [0.25, 0.3) is 0 Å². The zero-order valence-electron chi connectivity index (χ0n) is 13.0. The summed E-state index contributed by atoms with van der Waals surface area (Å²) in [6.45, 7) is 3.50. The molecule has 0 radical (unpaired) electrons. The normalized spacial score (nSPS) is 11.5. The molecule has 22 heavy (non-hydrogen) atoms. The van der Waals surface area contributed by atoms with Crippen molar-refractivity contribution < 1.29 is 9.53 Å². The van der Waals surface area contributed by atoms with Crippen molar-refractivity contribution in [2.45, 2.75) is 19.3 Å². The van der Waals surface area contributed by atoms with Crippen molar-refractivity contribution in [3.05, 3.63) is 71.8 Å². The maximum atomic E-state index is 12.4. The van der Waals surface area contributed by atoms with E-state index in [1.54, 1.807) is 13.8 Å². The number of nitrogens with zero attached hydrogens (tertiary/aromatic N) is 1. The first kappa shape index (κ1) is 15.8. The molecule has 0 aliphatic carbocycles. The van der Waals surface area contributed by atoms with Crippen molar-refractivity contribution in [2.75, 3.05) is 7.11 Å². The number of ether oxygens (including phenoxy) is 1. The lowest BCUT2D eigenvalue weighted by molar-refractivity contribution is -0.153. The number of carbonyl (C=O) groups excluding carboxylic acids is 1. The van der Waals surface area contributed by atoms with Crippen LogP contribution < -0.4 is 0 Å². The van der Waals surface area contributed by atoms with Crippen LogP contribution in [0, 0.1) is 16.7 Å². The molecular weight excluding hydrogens is 274 g/mol. The van der Waals surface area contributed by atoms with E-state index in [9.17, 15) is 10.1 Å². The Bertz CT molecular complexity index is 645. The number of esters is 1. The number of benzene rings is 2. The summed E-state index contributed by atoms with van der Waals surface area (Å²) in [6.07, 6.45) is 0. The third kappa shape index (κ3) is 2.27. The SMILES string of the molecule is COC(=O)C(C)(C)C(C#N)(c1ccccc1)c1ccccc1. The smallest absolute Gasteiger partial charge is 0.313 e. The fraction of sp³-hybridized carbons (Fsp3) is 0.263. The molecule has 3 nitrogen and oxygen atoms in total. The minimum atomic E-state index is -1.12. The molecule has 2 aromatic carbocycles. The lowest BCUT2D eigenvalue weighted by atomic mass is 9.59. The summed E-state index contributed by atoms with van der Waals surface area (Å²) >= 11 is 0. The quantitative estimate of drug-likeness (QED) is 0.808. The fourth-order valence-electron chi connectivity index (χ4n) is 2.94. The van der Waals surface area contributed by atoms with Crippen LogP contribution in [0.4, 0.5) is 0 Å². The van der Waals surface area contributed by atoms with Crippen molar-refractivity contribution in [3.63, 3.8) is 0 Å². The second-order valence-corrected chi connectivity index (χ2v) is 5.71. The zero-order valence-corrected chi connectivity index (χ0v) is 13.0. The molecular formula is C19H19NO2. The van der Waals surface area contributed by atoms with Gasteiger partial charge in [0.15, 0.2) is 0 Å². The van der Waals surface area contributed by atoms with Gasteiger partial charge in [0.05, 0.1) is 18.6 Å². The molecule has 0 unspecified atom stereocenters. The van der Waals surface area contributed by atoms with Gasteiger partial charge in [-0.2, -0.15) is 5.26 Å². The van der Waals surface area contributed by atoms with Crippen molar-refractivity contribution >= 4 is 5.97 Å². The number of rotatable bonds is 4. The molecule has 0 spiro atoms. The van der Waals surface area contributed by atoms with Crippen molar-refractivity contribution in [1.29, 1.82) is 5.26 Å². The molecule has 0 aliphatic rings. The van der Waals surface area contributed by atoms with E-state index < -0.39 is 16.8 Å². The molecule has 0 N–H and O–H groups in total. The first-order chi connectivity index (χ1) is 10.5. The second-order valence-electron chi connectivity index (χ2n) is 5.71. The standard InChI is InChI=1S/C19H19NO2/c1-18(2,17(21)22-3)19(14-20,15-10-6-4-7-11-15)16-12-8-5-9-13-16/h4-13H,1-3H3. The number of hydrogen-bond acceptors (Lipinski definition) is 3. The maximum Gasteiger partial charge on any atom is 0.313 e. The Kier molecular flexibility index (Phi) is 4.32. The van der Waals surface area contributed by atoms with E-state index in [4.69, 9.17) is 4.74 Å². The van der Waals surface area contributed by atoms with Gasteiger partial charge in [0.1, 0.15) is 5.41 Å². The van der Waals surface area contributed by atoms with Gasteiger partial charge >= 0.3 is 5.97 Å². The Balaban J connectivity index is 2.81. The third-order valence-electron chi connectivity index (χ3n) is 4.21. The summed E-state index contributed by atoms with van der Waals surface area (Å²) in [5.41, 5.74) is -0.611. The third-order valence-corrected chi connectivity index (χ3v) is 4.21. The summed E-state index contributed by atoms with van der Waals surface area (Å²) in [5, 5.41) is 10.1. The molecule has 0 saturated carbocycles. The first-order valence-electron chi connectivity index (χ1n) is 7.11. The number of hydrogen-bond donors (Lipinski definition) is 0. The van der Waals surface area contributed by atoms with Crippen LogP contribution in [0.2, 0.25) is 0 Å². The Labute approximate surface area is 131 Å². The van der Waals surface area contributed by atoms with Gasteiger partial charge in [0.25, 0.3) is 0 Å². The predicted molar refractivity (Wildman–Crippen MR) is 85.1 cm³/mol. The van der Waals surface area contributed by atoms with E-state index in [2.05, 4.69) is 6.07 Å². The van der Waals surface area contributed by atoms with Crippen molar-refractivity contribution in [1.82, 2.24) is 0 Å². The molecule has 112 valence electrons. The van der Waals surface area contributed by atoms with Crippen LogP contribution in [0.5, 0.6) is 0 Å². The number of nitriles is 1. The van der Waals surface area contributed by atoms with E-state index in [0.29, 0.717) is 0 Å². The predicted octanol–water partition coefficient (Wildman–Crippen LogP) is 3.70. The summed E-state index contributed by atoms with van der Waals surface area (Å²) in [4.78, 5) is 12.4. The van der Waals surface area contributed by atoms with Gasteiger partial charge in [-0.05, 0) is 25.0 Å². The summed E-state index contributed by atoms with van der Waals surface area (Å²) < 4.78 is 4.98. The molecule has 0 atom stereocenters. The van der Waals surface area contributed by atoms with Gasteiger partial charge in [-0.1, -0.05) is 60.7 Å². The molecule has 2 rings (SSSR count). The van der Waals surface area contributed by atoms with E-state index in [1.165, 1.54) is 7.11 Å². The van der Waals surface area contributed by atoms with E-state index in [-0.39, 0.29) is 0 Å². The molecule has 0 aliphatic heterocycles. The molecule has 0 heterocycles. The molecule has 0 aromatic heterocycles. The van der Waals surface area contributed by atoms with Gasteiger partial charge in [-0.25, -0.2) is 0 Å². The molecule has 0 fully saturated rings. The largest absolute Gasteiger partial charge is 0.469 e. The Hall–Kier alpha value is -2.60. The van der Waals surface area contributed by atoms with Crippen LogP contribution >= 0.6 is 0 Å². The molecule has 0 saturated heterocycles. The van der Waals surface area contributed by atoms with Crippen molar-refractivity contribution in [2.24, 2.45) is 5.41 Å². The molecule has 3 heteroatoms. The Morgan fingerprint density at radius 1 is 0.955 bits per heavy atom. The lowest BCUT2D eigenvalue weighted by Gasteiger charge is -2.40. The van der Waals surface area contributed by atoms with Gasteiger partial charge in [0, 0.05) is 0 Å². The summed E-state index contributed by atoms with van der Waals surface area (Å²) in [5.74, 6) is -0.415. The number of carbonyl (C=O) groups is 1. The van der Waals surface area contributed by atoms with Crippen LogP contribution in [0.3, 0.4) is 0 Å². The highest BCUT2D eigenvalue weighted by Crippen LogP contribution is 2.47.